The topological polar surface area (TPSA) is 46.5 Å². The summed E-state index contributed by atoms with van der Waals surface area (Å²) in [7, 11) is 0. The monoisotopic (exact) mass is 264 g/mol. The molecule has 1 N–H and O–H groups in total. The zero-order chi connectivity index (χ0) is 14.1. The molecule has 0 aliphatic rings. The maximum absolute atomic E-state index is 11.6. The van der Waals surface area contributed by atoms with Crippen LogP contribution in [0, 0.1) is 5.92 Å². The Morgan fingerprint density at radius 2 is 2.00 bits per heavy atom. The number of carbonyl (C=O) groups excluding carboxylic acids is 1. The highest BCUT2D eigenvalue weighted by atomic mass is 16.5. The van der Waals surface area contributed by atoms with Gasteiger partial charge in [-0.15, -0.1) is 0 Å². The Balaban J connectivity index is 2.27. The Labute approximate surface area is 115 Å². The van der Waals surface area contributed by atoms with Crippen LogP contribution in [0.5, 0.6) is 0 Å². The van der Waals surface area contributed by atoms with E-state index in [1.54, 1.807) is 0 Å². The number of carbonyl (C=O) groups is 1. The molecule has 0 saturated carbocycles. The second-order valence-electron chi connectivity index (χ2n) is 5.04. The number of ether oxygens (including phenoxy) is 1. The van der Waals surface area contributed by atoms with Crippen molar-refractivity contribution in [1.29, 1.82) is 0 Å². The van der Waals surface area contributed by atoms with Crippen molar-refractivity contribution in [3.05, 3.63) is 35.9 Å². The van der Waals surface area contributed by atoms with E-state index in [0.29, 0.717) is 0 Å². The van der Waals surface area contributed by atoms with Crippen LogP contribution < -0.4 is 0 Å². The fraction of sp³-hybridized carbons (Fsp3) is 0.562. The summed E-state index contributed by atoms with van der Waals surface area (Å²) >= 11 is 0. The van der Waals surface area contributed by atoms with Crippen LogP contribution in [-0.4, -0.2) is 17.2 Å². The zero-order valence-corrected chi connectivity index (χ0v) is 11.8. The lowest BCUT2D eigenvalue weighted by Gasteiger charge is -2.17. The fourth-order valence-electron chi connectivity index (χ4n) is 1.89. The molecule has 3 nitrogen and oxygen atoms in total. The first-order chi connectivity index (χ1) is 9.13. The zero-order valence-electron chi connectivity index (χ0n) is 11.8. The van der Waals surface area contributed by atoms with E-state index in [1.165, 1.54) is 0 Å². The van der Waals surface area contributed by atoms with Crippen LogP contribution >= 0.6 is 0 Å². The summed E-state index contributed by atoms with van der Waals surface area (Å²) in [5, 5.41) is 9.91. The number of esters is 1. The van der Waals surface area contributed by atoms with Gasteiger partial charge < -0.3 is 9.84 Å². The van der Waals surface area contributed by atoms with E-state index in [2.05, 4.69) is 6.92 Å². The summed E-state index contributed by atoms with van der Waals surface area (Å²) in [4.78, 5) is 11.6. The van der Waals surface area contributed by atoms with Gasteiger partial charge in [0.1, 0.15) is 6.61 Å². The molecule has 0 aliphatic carbocycles. The van der Waals surface area contributed by atoms with Gasteiger partial charge >= 0.3 is 5.97 Å². The molecule has 19 heavy (non-hydrogen) atoms. The summed E-state index contributed by atoms with van der Waals surface area (Å²) < 4.78 is 5.15. The van der Waals surface area contributed by atoms with Crippen molar-refractivity contribution in [2.75, 3.05) is 0 Å². The van der Waals surface area contributed by atoms with Gasteiger partial charge in [0.25, 0.3) is 0 Å². The number of hydrogen-bond donors (Lipinski definition) is 1. The molecule has 0 fully saturated rings. The van der Waals surface area contributed by atoms with Crippen molar-refractivity contribution < 1.29 is 14.6 Å². The molecule has 0 radical (unpaired) electrons. The minimum atomic E-state index is -0.602. The molecule has 1 rings (SSSR count). The van der Waals surface area contributed by atoms with E-state index in [-0.39, 0.29) is 24.9 Å². The number of benzene rings is 1. The Morgan fingerprint density at radius 3 is 2.63 bits per heavy atom. The third-order valence-electron chi connectivity index (χ3n) is 3.29. The van der Waals surface area contributed by atoms with Crippen molar-refractivity contribution in [2.45, 2.75) is 52.2 Å². The number of aliphatic hydroxyl groups excluding tert-OH is 1. The average Bonchev–Trinajstić information content (AvgIpc) is 2.43. The molecule has 0 saturated heterocycles. The first-order valence-corrected chi connectivity index (χ1v) is 7.01. The molecule has 0 aromatic heterocycles. The highest BCUT2D eigenvalue weighted by molar-refractivity contribution is 5.70. The molecule has 0 aliphatic heterocycles. The van der Waals surface area contributed by atoms with Crippen LogP contribution in [0.4, 0.5) is 0 Å². The molecular formula is C16H24O3. The minimum Gasteiger partial charge on any atom is -0.461 e. The molecule has 0 bridgehead atoms. The maximum Gasteiger partial charge on any atom is 0.308 e. The Kier molecular flexibility index (Phi) is 7.19. The van der Waals surface area contributed by atoms with Gasteiger partial charge in [0.15, 0.2) is 0 Å². The third kappa shape index (κ3) is 6.39. The smallest absolute Gasteiger partial charge is 0.308 e. The first-order valence-electron chi connectivity index (χ1n) is 7.01. The van der Waals surface area contributed by atoms with Crippen molar-refractivity contribution in [1.82, 2.24) is 0 Å². The average molecular weight is 264 g/mol. The van der Waals surface area contributed by atoms with Gasteiger partial charge in [0.05, 0.1) is 12.5 Å². The van der Waals surface area contributed by atoms with Crippen molar-refractivity contribution >= 4 is 5.97 Å². The van der Waals surface area contributed by atoms with Gasteiger partial charge in [-0.25, -0.2) is 0 Å². The van der Waals surface area contributed by atoms with Gasteiger partial charge in [-0.3, -0.25) is 4.79 Å². The van der Waals surface area contributed by atoms with Crippen LogP contribution in [-0.2, 0) is 16.1 Å². The van der Waals surface area contributed by atoms with Gasteiger partial charge in [0.2, 0.25) is 0 Å². The fourth-order valence-corrected chi connectivity index (χ4v) is 1.89. The number of hydrogen-bond acceptors (Lipinski definition) is 3. The van der Waals surface area contributed by atoms with Crippen molar-refractivity contribution in [3.8, 4) is 0 Å². The normalized spacial score (nSPS) is 13.8. The molecular weight excluding hydrogens is 240 g/mol. The van der Waals surface area contributed by atoms with Gasteiger partial charge in [-0.2, -0.15) is 0 Å². The third-order valence-corrected chi connectivity index (χ3v) is 3.29. The second kappa shape index (κ2) is 8.70. The Bertz CT molecular complexity index is 362. The van der Waals surface area contributed by atoms with Gasteiger partial charge in [-0.05, 0) is 17.9 Å². The van der Waals surface area contributed by atoms with Crippen LogP contribution in [0.15, 0.2) is 30.3 Å². The largest absolute Gasteiger partial charge is 0.461 e. The molecule has 0 unspecified atom stereocenters. The summed E-state index contributed by atoms with van der Waals surface area (Å²) in [5.74, 6) is -0.191. The summed E-state index contributed by atoms with van der Waals surface area (Å²) in [6.45, 7) is 4.37. The first kappa shape index (κ1) is 15.7. The molecule has 3 heteroatoms. The molecule has 1 aromatic carbocycles. The lowest BCUT2D eigenvalue weighted by molar-refractivity contribution is -0.147. The second-order valence-corrected chi connectivity index (χ2v) is 5.04. The number of unbranched alkanes of at least 4 members (excludes halogenated alkanes) is 1. The molecule has 1 aromatic rings. The molecule has 0 spiro atoms. The quantitative estimate of drug-likeness (QED) is 0.733. The highest BCUT2D eigenvalue weighted by Crippen LogP contribution is 2.15. The summed E-state index contributed by atoms with van der Waals surface area (Å²) in [6.07, 6.45) is 2.61. The van der Waals surface area contributed by atoms with E-state index >= 15 is 0 Å². The van der Waals surface area contributed by atoms with Crippen molar-refractivity contribution in [2.24, 2.45) is 5.92 Å². The lowest BCUT2D eigenvalue weighted by Crippen LogP contribution is -2.22. The standard InChI is InChI=1S/C16H24O3/c1-3-4-8-13(2)15(17)11-16(18)19-12-14-9-6-5-7-10-14/h5-7,9-10,13,15,17H,3-4,8,11-12H2,1-2H3/t13-,15-/m0/s1. The molecule has 0 amide bonds. The highest BCUT2D eigenvalue weighted by Gasteiger charge is 2.18. The maximum atomic E-state index is 11.6. The predicted octanol–water partition coefficient (Wildman–Crippen LogP) is 3.31. The van der Waals surface area contributed by atoms with E-state index in [1.807, 2.05) is 37.3 Å². The van der Waals surface area contributed by atoms with Gasteiger partial charge in [-0.1, -0.05) is 57.0 Å². The Morgan fingerprint density at radius 1 is 1.32 bits per heavy atom. The number of rotatable bonds is 8. The number of aliphatic hydroxyl groups is 1. The van der Waals surface area contributed by atoms with Crippen LogP contribution in [0.25, 0.3) is 0 Å². The van der Waals surface area contributed by atoms with Gasteiger partial charge in [0, 0.05) is 0 Å². The van der Waals surface area contributed by atoms with E-state index < -0.39 is 6.10 Å². The SMILES string of the molecule is CCCC[C@H](C)[C@@H](O)CC(=O)OCc1ccccc1. The summed E-state index contributed by atoms with van der Waals surface area (Å²) in [6, 6.07) is 9.56. The molecule has 2 atom stereocenters. The van der Waals surface area contributed by atoms with Crippen LogP contribution in [0.1, 0.15) is 45.1 Å². The predicted molar refractivity (Wildman–Crippen MR) is 75.6 cm³/mol. The van der Waals surface area contributed by atoms with Crippen LogP contribution in [0.2, 0.25) is 0 Å². The van der Waals surface area contributed by atoms with E-state index in [0.717, 1.165) is 24.8 Å². The van der Waals surface area contributed by atoms with E-state index in [9.17, 15) is 9.90 Å². The molecule has 0 heterocycles. The summed E-state index contributed by atoms with van der Waals surface area (Å²) in [5.41, 5.74) is 0.962. The molecule has 106 valence electrons. The lowest BCUT2D eigenvalue weighted by atomic mass is 9.96. The minimum absolute atomic E-state index is 0.0811. The Hall–Kier alpha value is -1.35. The van der Waals surface area contributed by atoms with E-state index in [4.69, 9.17) is 4.74 Å². The van der Waals surface area contributed by atoms with Crippen LogP contribution in [0.3, 0.4) is 0 Å². The van der Waals surface area contributed by atoms with Crippen molar-refractivity contribution in [3.63, 3.8) is 0 Å².